The average molecular weight is 549 g/mol. The van der Waals surface area contributed by atoms with Crippen LogP contribution in [-0.4, -0.2) is 44.6 Å². The highest BCUT2D eigenvalue weighted by molar-refractivity contribution is 8.00. The van der Waals surface area contributed by atoms with E-state index in [0.29, 0.717) is 6.61 Å². The van der Waals surface area contributed by atoms with Crippen LogP contribution in [0.4, 0.5) is 0 Å². The summed E-state index contributed by atoms with van der Waals surface area (Å²) in [5.74, 6) is -2.30. The number of amides is 2. The van der Waals surface area contributed by atoms with Crippen LogP contribution in [0.3, 0.4) is 0 Å². The largest absolute Gasteiger partial charge is 0.489 e. The number of nitrogens with one attached hydrogen (secondary N) is 1. The number of rotatable bonds is 6. The van der Waals surface area contributed by atoms with Gasteiger partial charge >= 0.3 is 10.8 Å². The standard InChI is InChI=1S/C28H24N2O6S2/c31-18(32)11-30-26(33)21-16-10-17(22(21)27(30)34)23-20(16)19(24-25(37-23)29-28(35)38-24)14-7-4-8-15(9-14)36-12-13-5-2-1-3-6-13/h1-9,16-17,19-23H,10-12H2,(H,29,35)(H,31,32)/t16?,17?,19-,20?,21?,22?,23?/m1/s1. The second kappa shape index (κ2) is 8.84. The van der Waals surface area contributed by atoms with Gasteiger partial charge in [-0.2, -0.15) is 0 Å². The summed E-state index contributed by atoms with van der Waals surface area (Å²) in [7, 11) is 0. The number of aromatic amines is 1. The molecule has 38 heavy (non-hydrogen) atoms. The Morgan fingerprint density at radius 2 is 1.79 bits per heavy atom. The van der Waals surface area contributed by atoms with Gasteiger partial charge < -0.3 is 14.8 Å². The van der Waals surface area contributed by atoms with Crippen LogP contribution in [0.5, 0.6) is 5.75 Å². The lowest BCUT2D eigenvalue weighted by Gasteiger charge is -2.43. The molecule has 7 atom stereocenters. The van der Waals surface area contributed by atoms with Crippen molar-refractivity contribution in [2.45, 2.75) is 29.2 Å². The molecular formula is C28H24N2O6S2. The van der Waals surface area contributed by atoms with Gasteiger partial charge in [-0.05, 0) is 47.4 Å². The Hall–Kier alpha value is -3.37. The Bertz CT molecular complexity index is 1520. The molecule has 3 heterocycles. The third kappa shape index (κ3) is 3.57. The minimum atomic E-state index is -1.18. The predicted molar refractivity (Wildman–Crippen MR) is 140 cm³/mol. The van der Waals surface area contributed by atoms with Crippen LogP contribution in [0.25, 0.3) is 0 Å². The lowest BCUT2D eigenvalue weighted by atomic mass is 9.68. The molecule has 1 aromatic heterocycles. The molecule has 10 heteroatoms. The third-order valence-electron chi connectivity index (χ3n) is 8.57. The molecule has 2 bridgehead atoms. The van der Waals surface area contributed by atoms with Gasteiger partial charge in [0.05, 0.1) is 16.9 Å². The van der Waals surface area contributed by atoms with Crippen LogP contribution in [0.15, 0.2) is 64.4 Å². The van der Waals surface area contributed by atoms with Gasteiger partial charge in [0.25, 0.3) is 0 Å². The van der Waals surface area contributed by atoms with Gasteiger partial charge in [-0.1, -0.05) is 53.8 Å². The first kappa shape index (κ1) is 23.7. The molecule has 0 radical (unpaired) electrons. The molecule has 2 amide bonds. The van der Waals surface area contributed by atoms with Crippen LogP contribution in [-0.2, 0) is 21.0 Å². The van der Waals surface area contributed by atoms with Gasteiger partial charge in [-0.15, -0.1) is 11.8 Å². The van der Waals surface area contributed by atoms with Crippen LogP contribution < -0.4 is 9.61 Å². The highest BCUT2D eigenvalue weighted by atomic mass is 32.2. The first-order chi connectivity index (χ1) is 18.4. The van der Waals surface area contributed by atoms with E-state index in [4.69, 9.17) is 4.74 Å². The number of carboxylic acids is 1. The van der Waals surface area contributed by atoms with Crippen LogP contribution in [0.2, 0.25) is 0 Å². The Labute approximate surface area is 226 Å². The van der Waals surface area contributed by atoms with Crippen LogP contribution in [0, 0.1) is 29.6 Å². The number of H-pyrrole nitrogens is 1. The van der Waals surface area contributed by atoms with Gasteiger partial charge in [0.15, 0.2) is 0 Å². The molecular weight excluding hydrogens is 524 g/mol. The number of carbonyl (C=O) groups is 3. The van der Waals surface area contributed by atoms with Crippen molar-refractivity contribution in [3.8, 4) is 5.75 Å². The third-order valence-corrected chi connectivity index (χ3v) is 11.2. The maximum Gasteiger partial charge on any atom is 0.323 e. The van der Waals surface area contributed by atoms with Crippen molar-refractivity contribution < 1.29 is 24.2 Å². The van der Waals surface area contributed by atoms with Crippen molar-refractivity contribution in [2.24, 2.45) is 29.6 Å². The number of benzene rings is 2. The summed E-state index contributed by atoms with van der Waals surface area (Å²) < 4.78 is 6.11. The molecule has 8 nitrogen and oxygen atoms in total. The first-order valence-electron chi connectivity index (χ1n) is 12.6. The number of aliphatic carboxylic acids is 1. The van der Waals surface area contributed by atoms with Crippen LogP contribution >= 0.6 is 23.1 Å². The molecule has 0 spiro atoms. The zero-order valence-corrected chi connectivity index (χ0v) is 21.7. The Balaban J connectivity index is 1.25. The van der Waals surface area contributed by atoms with Gasteiger partial charge in [0, 0.05) is 16.0 Å². The monoisotopic (exact) mass is 548 g/mol. The fourth-order valence-electron chi connectivity index (χ4n) is 7.28. The molecule has 3 aromatic rings. The summed E-state index contributed by atoms with van der Waals surface area (Å²) in [6.07, 6.45) is 0.760. The summed E-state index contributed by atoms with van der Waals surface area (Å²) in [6.45, 7) is -0.151. The van der Waals surface area contributed by atoms with E-state index in [1.54, 1.807) is 11.8 Å². The van der Waals surface area contributed by atoms with E-state index < -0.39 is 24.3 Å². The summed E-state index contributed by atoms with van der Waals surface area (Å²) >= 11 is 2.82. The SMILES string of the molecule is O=C(O)CN1C(=O)C2C3CC(C2C1=O)C1C3Sc2[nH]c(=O)sc2[C@@H]1c1cccc(OCc2ccccc2)c1. The number of nitrogens with zero attached hydrogens (tertiary/aromatic N) is 1. The van der Waals surface area contributed by atoms with Crippen molar-refractivity contribution in [3.05, 3.63) is 80.3 Å². The first-order valence-corrected chi connectivity index (χ1v) is 14.3. The predicted octanol–water partition coefficient (Wildman–Crippen LogP) is 3.57. The van der Waals surface area contributed by atoms with Crippen molar-refractivity contribution in [1.82, 2.24) is 9.88 Å². The van der Waals surface area contributed by atoms with Gasteiger partial charge in [0.1, 0.15) is 18.9 Å². The fourth-order valence-corrected chi connectivity index (χ4v) is 10.2. The molecule has 2 aromatic carbocycles. The van der Waals surface area contributed by atoms with E-state index in [1.807, 2.05) is 54.6 Å². The number of thioether (sulfide) groups is 1. The number of carboxylic acid groups (broad SMARTS) is 1. The number of ether oxygens (including phenoxy) is 1. The van der Waals surface area contributed by atoms with Crippen LogP contribution in [0.1, 0.15) is 28.3 Å². The quantitative estimate of drug-likeness (QED) is 0.453. The summed E-state index contributed by atoms with van der Waals surface area (Å²) in [5, 5.41) is 10.2. The summed E-state index contributed by atoms with van der Waals surface area (Å²) in [4.78, 5) is 55.1. The maximum atomic E-state index is 13.3. The number of aromatic nitrogens is 1. The average Bonchev–Trinajstić information content (AvgIpc) is 3.64. The van der Waals surface area contributed by atoms with E-state index >= 15 is 0 Å². The molecule has 194 valence electrons. The highest BCUT2D eigenvalue weighted by Crippen LogP contribution is 2.68. The maximum absolute atomic E-state index is 13.3. The van der Waals surface area contributed by atoms with Crippen molar-refractivity contribution in [3.63, 3.8) is 0 Å². The lowest BCUT2D eigenvalue weighted by Crippen LogP contribution is -2.42. The molecule has 6 unspecified atom stereocenters. The van der Waals surface area contributed by atoms with E-state index in [1.165, 1.54) is 11.3 Å². The number of thiazole rings is 1. The topological polar surface area (TPSA) is 117 Å². The second-order valence-corrected chi connectivity index (χ2v) is 12.7. The minimum absolute atomic E-state index is 0.0354. The number of carbonyl (C=O) groups excluding carboxylic acids is 2. The van der Waals surface area contributed by atoms with Crippen molar-refractivity contribution in [1.29, 1.82) is 0 Å². The molecule has 1 saturated heterocycles. The highest BCUT2D eigenvalue weighted by Gasteiger charge is 2.69. The summed E-state index contributed by atoms with van der Waals surface area (Å²) in [5.41, 5.74) is 2.08. The molecule has 2 N–H and O–H groups in total. The zero-order chi connectivity index (χ0) is 26.1. The lowest BCUT2D eigenvalue weighted by molar-refractivity contribution is -0.149. The van der Waals surface area contributed by atoms with E-state index in [0.717, 1.165) is 38.1 Å². The number of hydrogen-bond acceptors (Lipinski definition) is 7. The molecule has 2 aliphatic heterocycles. The minimum Gasteiger partial charge on any atom is -0.489 e. The molecule has 2 aliphatic carbocycles. The van der Waals surface area contributed by atoms with E-state index in [2.05, 4.69) is 4.98 Å². The van der Waals surface area contributed by atoms with Crippen molar-refractivity contribution in [2.75, 3.05) is 6.54 Å². The second-order valence-electron chi connectivity index (χ2n) is 10.5. The Morgan fingerprint density at radius 3 is 2.55 bits per heavy atom. The molecule has 7 rings (SSSR count). The fraction of sp³-hybridized carbons (Fsp3) is 0.357. The summed E-state index contributed by atoms with van der Waals surface area (Å²) in [6, 6.07) is 17.9. The Morgan fingerprint density at radius 1 is 1.03 bits per heavy atom. The van der Waals surface area contributed by atoms with Gasteiger partial charge in [0.2, 0.25) is 11.8 Å². The number of hydrogen-bond donors (Lipinski definition) is 2. The molecule has 2 saturated carbocycles. The van der Waals surface area contributed by atoms with E-state index in [9.17, 15) is 24.3 Å². The zero-order valence-electron chi connectivity index (χ0n) is 20.1. The van der Waals surface area contributed by atoms with Crippen molar-refractivity contribution >= 4 is 40.9 Å². The molecule has 3 fully saturated rings. The van der Waals surface area contributed by atoms with Gasteiger partial charge in [-0.3, -0.25) is 24.1 Å². The number of fused-ring (bicyclic) bond motifs is 9. The molecule has 4 aliphatic rings. The normalized spacial score (nSPS) is 30.7. The smallest absolute Gasteiger partial charge is 0.323 e. The number of likely N-dealkylation sites (tertiary alicyclic amines) is 1. The number of imide groups is 1. The Kier molecular flexibility index (Phi) is 5.52. The van der Waals surface area contributed by atoms with Gasteiger partial charge in [-0.25, -0.2) is 0 Å². The van der Waals surface area contributed by atoms with E-state index in [-0.39, 0.29) is 45.6 Å².